The van der Waals surface area contributed by atoms with Gasteiger partial charge in [-0.25, -0.2) is 4.79 Å². The van der Waals surface area contributed by atoms with E-state index in [4.69, 9.17) is 11.1 Å². The molecule has 0 bridgehead atoms. The third-order valence-corrected chi connectivity index (χ3v) is 1.75. The predicted octanol–water partition coefficient (Wildman–Crippen LogP) is 0.220. The molecule has 0 aliphatic rings. The molecule has 76 valence electrons. The molecule has 0 aromatic rings. The Labute approximate surface area is 78.8 Å². The van der Waals surface area contributed by atoms with Gasteiger partial charge in [0, 0.05) is 26.1 Å². The van der Waals surface area contributed by atoms with Gasteiger partial charge in [-0.05, 0) is 6.92 Å². The number of amidine groups is 1. The highest BCUT2D eigenvalue weighted by atomic mass is 16.2. The van der Waals surface area contributed by atoms with Gasteiger partial charge >= 0.3 is 6.03 Å². The van der Waals surface area contributed by atoms with Crippen molar-refractivity contribution in [1.82, 2.24) is 10.2 Å². The molecule has 0 aliphatic heterocycles. The zero-order chi connectivity index (χ0) is 10.4. The summed E-state index contributed by atoms with van der Waals surface area (Å²) in [5.41, 5.74) is 5.28. The monoisotopic (exact) mass is 186 g/mol. The molecule has 0 saturated carbocycles. The van der Waals surface area contributed by atoms with Crippen LogP contribution in [0.25, 0.3) is 0 Å². The van der Waals surface area contributed by atoms with Crippen LogP contribution >= 0.6 is 0 Å². The van der Waals surface area contributed by atoms with Crippen molar-refractivity contribution < 1.29 is 4.79 Å². The average Bonchev–Trinajstić information content (AvgIpc) is 2.04. The fraction of sp³-hybridized carbons (Fsp3) is 0.750. The van der Waals surface area contributed by atoms with E-state index in [9.17, 15) is 4.79 Å². The molecule has 5 nitrogen and oxygen atoms in total. The molecular formula is C8H18N4O. The number of rotatable bonds is 4. The normalized spacial score (nSPS) is 11.9. The topological polar surface area (TPSA) is 82.2 Å². The Kier molecular flexibility index (Phi) is 4.87. The van der Waals surface area contributed by atoms with Crippen LogP contribution < -0.4 is 11.1 Å². The summed E-state index contributed by atoms with van der Waals surface area (Å²) >= 11 is 0. The van der Waals surface area contributed by atoms with Crippen molar-refractivity contribution in [1.29, 1.82) is 5.41 Å². The summed E-state index contributed by atoms with van der Waals surface area (Å²) in [6.45, 7) is 4.76. The van der Waals surface area contributed by atoms with Crippen LogP contribution in [0.1, 0.15) is 13.8 Å². The average molecular weight is 186 g/mol. The zero-order valence-corrected chi connectivity index (χ0v) is 8.42. The second kappa shape index (κ2) is 5.40. The van der Waals surface area contributed by atoms with Gasteiger partial charge in [-0.15, -0.1) is 0 Å². The van der Waals surface area contributed by atoms with E-state index in [1.165, 1.54) is 4.90 Å². The molecule has 0 heterocycles. The Morgan fingerprint density at radius 2 is 2.23 bits per heavy atom. The van der Waals surface area contributed by atoms with Crippen molar-refractivity contribution in [3.05, 3.63) is 0 Å². The molecule has 0 fully saturated rings. The van der Waals surface area contributed by atoms with Crippen LogP contribution in [0.2, 0.25) is 0 Å². The van der Waals surface area contributed by atoms with Gasteiger partial charge in [0.15, 0.2) is 0 Å². The predicted molar refractivity (Wildman–Crippen MR) is 52.8 cm³/mol. The van der Waals surface area contributed by atoms with Crippen molar-refractivity contribution in [3.8, 4) is 0 Å². The summed E-state index contributed by atoms with van der Waals surface area (Å²) < 4.78 is 0. The molecule has 5 heteroatoms. The molecule has 4 N–H and O–H groups in total. The van der Waals surface area contributed by atoms with Crippen molar-refractivity contribution in [2.24, 2.45) is 11.7 Å². The van der Waals surface area contributed by atoms with Gasteiger partial charge in [-0.1, -0.05) is 6.92 Å². The number of amides is 2. The third-order valence-electron chi connectivity index (χ3n) is 1.75. The SMILES string of the molecule is CCNC(=O)N(C)CC(C)C(=N)N. The number of carbonyl (C=O) groups is 1. The van der Waals surface area contributed by atoms with E-state index >= 15 is 0 Å². The van der Waals surface area contributed by atoms with Gasteiger partial charge in [0.25, 0.3) is 0 Å². The molecule has 1 unspecified atom stereocenters. The van der Waals surface area contributed by atoms with Gasteiger partial charge in [0.05, 0.1) is 5.84 Å². The first-order valence-electron chi connectivity index (χ1n) is 4.31. The lowest BCUT2D eigenvalue weighted by Gasteiger charge is -2.20. The first-order valence-corrected chi connectivity index (χ1v) is 4.31. The molecule has 0 rings (SSSR count). The number of nitrogens with one attached hydrogen (secondary N) is 2. The molecule has 1 atom stereocenters. The van der Waals surface area contributed by atoms with Crippen molar-refractivity contribution in [2.45, 2.75) is 13.8 Å². The highest BCUT2D eigenvalue weighted by Crippen LogP contribution is 1.96. The largest absolute Gasteiger partial charge is 0.387 e. The molecule has 0 radical (unpaired) electrons. The quantitative estimate of drug-likeness (QED) is 0.433. The maximum absolute atomic E-state index is 11.2. The van der Waals surface area contributed by atoms with Crippen molar-refractivity contribution in [2.75, 3.05) is 20.1 Å². The number of urea groups is 1. The number of nitrogens with zero attached hydrogens (tertiary/aromatic N) is 1. The molecule has 13 heavy (non-hydrogen) atoms. The number of hydrogen-bond acceptors (Lipinski definition) is 2. The zero-order valence-electron chi connectivity index (χ0n) is 8.42. The molecule has 0 aromatic carbocycles. The van der Waals surface area contributed by atoms with E-state index in [2.05, 4.69) is 5.32 Å². The van der Waals surface area contributed by atoms with Crippen LogP contribution in [-0.2, 0) is 0 Å². The van der Waals surface area contributed by atoms with Crippen LogP contribution in [0.5, 0.6) is 0 Å². The molecular weight excluding hydrogens is 168 g/mol. The lowest BCUT2D eigenvalue weighted by atomic mass is 10.1. The molecule has 0 spiro atoms. The van der Waals surface area contributed by atoms with E-state index < -0.39 is 0 Å². The number of hydrogen-bond donors (Lipinski definition) is 3. The minimum atomic E-state index is -0.129. The molecule has 0 saturated heterocycles. The Balaban J connectivity index is 3.92. The summed E-state index contributed by atoms with van der Waals surface area (Å²) in [7, 11) is 1.68. The summed E-state index contributed by atoms with van der Waals surface area (Å²) in [4.78, 5) is 12.7. The van der Waals surface area contributed by atoms with E-state index in [0.717, 1.165) is 0 Å². The standard InChI is InChI=1S/C8H18N4O/c1-4-11-8(13)12(3)5-6(2)7(9)10/h6H,4-5H2,1-3H3,(H3,9,10)(H,11,13). The van der Waals surface area contributed by atoms with Crippen LogP contribution in [0, 0.1) is 11.3 Å². The minimum absolute atomic E-state index is 0.0902. The second-order valence-electron chi connectivity index (χ2n) is 3.07. The lowest BCUT2D eigenvalue weighted by Crippen LogP contribution is -2.41. The van der Waals surface area contributed by atoms with E-state index in [0.29, 0.717) is 13.1 Å². The third kappa shape index (κ3) is 4.35. The first kappa shape index (κ1) is 11.7. The second-order valence-corrected chi connectivity index (χ2v) is 3.07. The smallest absolute Gasteiger partial charge is 0.317 e. The molecule has 0 aliphatic carbocycles. The van der Waals surface area contributed by atoms with E-state index in [1.54, 1.807) is 7.05 Å². The van der Waals surface area contributed by atoms with Gasteiger partial charge in [0.1, 0.15) is 0 Å². The Morgan fingerprint density at radius 1 is 1.69 bits per heavy atom. The molecule has 0 aromatic heterocycles. The summed E-state index contributed by atoms with van der Waals surface area (Å²) in [6, 6.07) is -0.129. The fourth-order valence-corrected chi connectivity index (χ4v) is 0.878. The fourth-order valence-electron chi connectivity index (χ4n) is 0.878. The Morgan fingerprint density at radius 3 is 2.62 bits per heavy atom. The van der Waals surface area contributed by atoms with Gasteiger partial charge in [-0.2, -0.15) is 0 Å². The number of carbonyl (C=O) groups excluding carboxylic acids is 1. The molecule has 2 amide bonds. The maximum Gasteiger partial charge on any atom is 0.317 e. The lowest BCUT2D eigenvalue weighted by molar-refractivity contribution is 0.206. The first-order chi connectivity index (χ1) is 5.99. The summed E-state index contributed by atoms with van der Waals surface area (Å²) in [6.07, 6.45) is 0. The van der Waals surface area contributed by atoms with Crippen LogP contribution in [0.15, 0.2) is 0 Å². The summed E-state index contributed by atoms with van der Waals surface area (Å²) in [5.74, 6) is 0.0174. The van der Waals surface area contributed by atoms with Gasteiger partial charge in [0.2, 0.25) is 0 Å². The maximum atomic E-state index is 11.2. The van der Waals surface area contributed by atoms with Crippen LogP contribution in [0.3, 0.4) is 0 Å². The number of nitrogens with two attached hydrogens (primary N) is 1. The van der Waals surface area contributed by atoms with E-state index in [-0.39, 0.29) is 17.8 Å². The highest BCUT2D eigenvalue weighted by molar-refractivity contribution is 5.80. The van der Waals surface area contributed by atoms with Gasteiger partial charge in [-0.3, -0.25) is 5.41 Å². The van der Waals surface area contributed by atoms with Gasteiger partial charge < -0.3 is 16.0 Å². The Bertz CT molecular complexity index is 193. The van der Waals surface area contributed by atoms with Crippen LogP contribution in [-0.4, -0.2) is 36.9 Å². The van der Waals surface area contributed by atoms with E-state index in [1.807, 2.05) is 13.8 Å². The van der Waals surface area contributed by atoms with Crippen molar-refractivity contribution in [3.63, 3.8) is 0 Å². The summed E-state index contributed by atoms with van der Waals surface area (Å²) in [5, 5.41) is 9.82. The highest BCUT2D eigenvalue weighted by Gasteiger charge is 2.12. The minimum Gasteiger partial charge on any atom is -0.387 e. The Hall–Kier alpha value is -1.26. The van der Waals surface area contributed by atoms with Crippen LogP contribution in [0.4, 0.5) is 4.79 Å². The van der Waals surface area contributed by atoms with Crippen molar-refractivity contribution >= 4 is 11.9 Å².